The molecule has 1 aliphatic heterocycles. The van der Waals surface area contributed by atoms with E-state index in [4.69, 9.17) is 0 Å². The van der Waals surface area contributed by atoms with Crippen LogP contribution in [0.1, 0.15) is 33.2 Å². The summed E-state index contributed by atoms with van der Waals surface area (Å²) in [6, 6.07) is 12.1. The van der Waals surface area contributed by atoms with Crippen LogP contribution >= 0.6 is 0 Å². The molecule has 0 radical (unpaired) electrons. The second-order valence-electron chi connectivity index (χ2n) is 7.24. The zero-order valence-corrected chi connectivity index (χ0v) is 17.3. The minimum absolute atomic E-state index is 0. The van der Waals surface area contributed by atoms with Gasteiger partial charge in [-0.25, -0.2) is 19.3 Å². The summed E-state index contributed by atoms with van der Waals surface area (Å²) in [5, 5.41) is 2.55. The molecule has 0 spiro atoms. The first-order valence-corrected chi connectivity index (χ1v) is 10.0. The summed E-state index contributed by atoms with van der Waals surface area (Å²) < 4.78 is 12.7. The zero-order chi connectivity index (χ0) is 21.3. The highest BCUT2D eigenvalue weighted by Crippen LogP contribution is 2.23. The quantitative estimate of drug-likeness (QED) is 0.623. The van der Waals surface area contributed by atoms with Crippen LogP contribution in [0.15, 0.2) is 55.0 Å². The standard InChI is InChI=1S/C12H10FN3O.C11H16N2.H2/c1-8-2-3-10(16-7-17)4-11(8)12-14-5-9(13)6-15-12;1-10-6-3-5-9-13(10)11-7-2-4-8-12-11;/h2-7H,1H3,(H,16,17);2,4,7-8,10H,3,5-6,9H2,1H3;1H/t;10-;/m.0./s1. The minimum atomic E-state index is -0.478. The molecule has 1 aliphatic rings. The number of piperidine rings is 1. The van der Waals surface area contributed by atoms with Gasteiger partial charge in [-0.05, 0) is 62.9 Å². The van der Waals surface area contributed by atoms with E-state index in [1.807, 2.05) is 25.3 Å². The molecule has 3 aromatic rings. The van der Waals surface area contributed by atoms with Gasteiger partial charge in [0.2, 0.25) is 6.41 Å². The van der Waals surface area contributed by atoms with E-state index in [1.165, 1.54) is 19.3 Å². The number of pyridine rings is 1. The molecule has 1 aromatic carbocycles. The van der Waals surface area contributed by atoms with Crippen LogP contribution in [-0.2, 0) is 4.79 Å². The van der Waals surface area contributed by atoms with E-state index >= 15 is 0 Å². The lowest BCUT2D eigenvalue weighted by molar-refractivity contribution is -0.105. The fraction of sp³-hybridized carbons (Fsp3) is 0.304. The molecule has 0 aliphatic carbocycles. The van der Waals surface area contributed by atoms with Crippen molar-refractivity contribution in [3.05, 3.63) is 66.4 Å². The second-order valence-corrected chi connectivity index (χ2v) is 7.24. The highest BCUT2D eigenvalue weighted by Gasteiger charge is 2.18. The third-order valence-electron chi connectivity index (χ3n) is 5.07. The lowest BCUT2D eigenvalue weighted by atomic mass is 10.0. The van der Waals surface area contributed by atoms with Gasteiger partial charge in [-0.15, -0.1) is 0 Å². The third kappa shape index (κ3) is 5.59. The zero-order valence-electron chi connectivity index (χ0n) is 17.3. The summed E-state index contributed by atoms with van der Waals surface area (Å²) in [7, 11) is 0. The summed E-state index contributed by atoms with van der Waals surface area (Å²) in [6.45, 7) is 5.35. The molecule has 3 heterocycles. The summed E-state index contributed by atoms with van der Waals surface area (Å²) in [4.78, 5) is 25.0. The summed E-state index contributed by atoms with van der Waals surface area (Å²) in [5.74, 6) is 1.08. The van der Waals surface area contributed by atoms with Gasteiger partial charge < -0.3 is 10.2 Å². The van der Waals surface area contributed by atoms with Gasteiger partial charge in [-0.2, -0.15) is 0 Å². The number of rotatable bonds is 4. The predicted molar refractivity (Wildman–Crippen MR) is 119 cm³/mol. The molecule has 0 bridgehead atoms. The van der Waals surface area contributed by atoms with E-state index in [2.05, 4.69) is 44.2 Å². The molecule has 7 heteroatoms. The fourth-order valence-corrected chi connectivity index (χ4v) is 3.43. The number of nitrogens with zero attached hydrogens (tertiary/aromatic N) is 4. The van der Waals surface area contributed by atoms with Gasteiger partial charge in [0.15, 0.2) is 11.6 Å². The van der Waals surface area contributed by atoms with Crippen LogP contribution in [0.5, 0.6) is 0 Å². The summed E-state index contributed by atoms with van der Waals surface area (Å²) >= 11 is 0. The number of amides is 1. The smallest absolute Gasteiger partial charge is 0.211 e. The van der Waals surface area contributed by atoms with E-state index in [0.29, 0.717) is 24.0 Å². The predicted octanol–water partition coefficient (Wildman–Crippen LogP) is 4.87. The summed E-state index contributed by atoms with van der Waals surface area (Å²) in [5.41, 5.74) is 2.36. The van der Waals surface area contributed by atoms with Crippen LogP contribution in [0.4, 0.5) is 15.9 Å². The van der Waals surface area contributed by atoms with Crippen molar-refractivity contribution in [2.75, 3.05) is 16.8 Å². The largest absolute Gasteiger partial charge is 0.354 e. The first kappa shape index (κ1) is 21.4. The number of benzene rings is 1. The van der Waals surface area contributed by atoms with E-state index in [9.17, 15) is 9.18 Å². The number of halogens is 1. The highest BCUT2D eigenvalue weighted by atomic mass is 19.1. The van der Waals surface area contributed by atoms with Gasteiger partial charge in [0.25, 0.3) is 0 Å². The lowest BCUT2D eigenvalue weighted by Gasteiger charge is -2.34. The van der Waals surface area contributed by atoms with Gasteiger partial charge in [0.1, 0.15) is 5.82 Å². The Balaban J connectivity index is 0.000000220. The van der Waals surface area contributed by atoms with E-state index in [0.717, 1.165) is 35.9 Å². The summed E-state index contributed by atoms with van der Waals surface area (Å²) in [6.07, 6.45) is 8.67. The lowest BCUT2D eigenvalue weighted by Crippen LogP contribution is -2.37. The van der Waals surface area contributed by atoms with Gasteiger partial charge in [-0.1, -0.05) is 12.1 Å². The Morgan fingerprint density at radius 3 is 2.63 bits per heavy atom. The van der Waals surface area contributed by atoms with Crippen molar-refractivity contribution in [2.24, 2.45) is 0 Å². The van der Waals surface area contributed by atoms with Gasteiger partial charge >= 0.3 is 0 Å². The van der Waals surface area contributed by atoms with Crippen molar-refractivity contribution in [3.8, 4) is 11.4 Å². The van der Waals surface area contributed by atoms with Gasteiger partial charge in [-0.3, -0.25) is 4.79 Å². The van der Waals surface area contributed by atoms with Crippen molar-refractivity contribution in [3.63, 3.8) is 0 Å². The Hall–Kier alpha value is -3.35. The second kappa shape index (κ2) is 10.4. The van der Waals surface area contributed by atoms with E-state index in [-0.39, 0.29) is 1.43 Å². The number of hydrogen-bond donors (Lipinski definition) is 1. The van der Waals surface area contributed by atoms with Crippen molar-refractivity contribution in [1.82, 2.24) is 15.0 Å². The third-order valence-corrected chi connectivity index (χ3v) is 5.07. The number of nitrogens with one attached hydrogen (secondary N) is 1. The first-order valence-electron chi connectivity index (χ1n) is 10.0. The number of aromatic nitrogens is 3. The Labute approximate surface area is 177 Å². The first-order chi connectivity index (χ1) is 14.6. The molecule has 2 aromatic heterocycles. The van der Waals surface area contributed by atoms with Crippen molar-refractivity contribution < 1.29 is 10.6 Å². The van der Waals surface area contributed by atoms with Crippen LogP contribution in [0.25, 0.3) is 11.4 Å². The van der Waals surface area contributed by atoms with Crippen molar-refractivity contribution in [2.45, 2.75) is 39.2 Å². The van der Waals surface area contributed by atoms with E-state index < -0.39 is 5.82 Å². The van der Waals surface area contributed by atoms with Crippen LogP contribution in [0.2, 0.25) is 0 Å². The number of carbonyl (C=O) groups excluding carboxylic acids is 1. The molecule has 6 nitrogen and oxygen atoms in total. The molecule has 0 unspecified atom stereocenters. The number of anilines is 2. The maximum Gasteiger partial charge on any atom is 0.211 e. The number of hydrogen-bond acceptors (Lipinski definition) is 5. The molecule has 1 fully saturated rings. The SMILES string of the molecule is C[C@H]1CCCCN1c1ccccn1.Cc1ccc(NC=O)cc1-c1ncc(F)cn1.[HH]. The fourth-order valence-electron chi connectivity index (χ4n) is 3.43. The van der Waals surface area contributed by atoms with Crippen molar-refractivity contribution in [1.29, 1.82) is 0 Å². The average molecular weight is 410 g/mol. The topological polar surface area (TPSA) is 71.0 Å². The molecule has 4 rings (SSSR count). The molecule has 1 atom stereocenters. The van der Waals surface area contributed by atoms with Crippen LogP contribution < -0.4 is 10.2 Å². The molecule has 30 heavy (non-hydrogen) atoms. The molecule has 1 saturated heterocycles. The molecule has 0 saturated carbocycles. The monoisotopic (exact) mass is 409 g/mol. The number of aryl methyl sites for hydroxylation is 1. The molecule has 1 N–H and O–H groups in total. The Bertz CT molecular complexity index is 956. The van der Waals surface area contributed by atoms with Gasteiger partial charge in [0.05, 0.1) is 12.4 Å². The maximum absolute atomic E-state index is 12.7. The molecular weight excluding hydrogens is 381 g/mol. The molecule has 1 amide bonds. The number of carbonyl (C=O) groups is 1. The highest BCUT2D eigenvalue weighted by molar-refractivity contribution is 5.75. The van der Waals surface area contributed by atoms with E-state index in [1.54, 1.807) is 12.1 Å². The Morgan fingerprint density at radius 1 is 1.17 bits per heavy atom. The molecular formula is C23H28FN5O. The van der Waals surface area contributed by atoms with Crippen LogP contribution in [-0.4, -0.2) is 33.9 Å². The minimum Gasteiger partial charge on any atom is -0.354 e. The van der Waals surface area contributed by atoms with Gasteiger partial charge in [0, 0.05) is 31.5 Å². The Kier molecular flexibility index (Phi) is 7.43. The normalized spacial score (nSPS) is 15.7. The molecule has 158 valence electrons. The van der Waals surface area contributed by atoms with Crippen LogP contribution in [0, 0.1) is 12.7 Å². The van der Waals surface area contributed by atoms with Crippen molar-refractivity contribution >= 4 is 17.9 Å². The maximum atomic E-state index is 12.7. The van der Waals surface area contributed by atoms with Crippen LogP contribution in [0.3, 0.4) is 0 Å². The average Bonchev–Trinajstić information content (AvgIpc) is 2.77. The Morgan fingerprint density at radius 2 is 1.97 bits per heavy atom.